The smallest absolute Gasteiger partial charge is 0.247 e. The molecule has 148 valence electrons. The first-order valence-electron chi connectivity index (χ1n) is 9.68. The summed E-state index contributed by atoms with van der Waals surface area (Å²) in [6.45, 7) is 4.44. The lowest BCUT2D eigenvalue weighted by Gasteiger charge is -2.09. The summed E-state index contributed by atoms with van der Waals surface area (Å²) in [7, 11) is 0.682. The number of aliphatic hydroxyl groups excluding tert-OH is 1. The van der Waals surface area contributed by atoms with Crippen LogP contribution in [-0.2, 0) is 4.79 Å². The Balaban J connectivity index is 1.80. The number of carbonyl (C=O) groups excluding carboxylic acids is 1. The minimum atomic E-state index is -0.138. The number of nitrogens with one attached hydrogen (secondary N) is 2. The molecule has 0 saturated carbocycles. The van der Waals surface area contributed by atoms with Gasteiger partial charge in [-0.3, -0.25) is 4.79 Å². The summed E-state index contributed by atoms with van der Waals surface area (Å²) in [6.07, 6.45) is 10.3. The van der Waals surface area contributed by atoms with Crippen molar-refractivity contribution in [3.63, 3.8) is 0 Å². The molecule has 0 bridgehead atoms. The Morgan fingerprint density at radius 2 is 2.24 bits per heavy atom. The fraction of sp³-hybridized carbons (Fsp3) is 0.217. The van der Waals surface area contributed by atoms with Crippen LogP contribution in [0.4, 0.5) is 0 Å². The molecule has 3 N–H and O–H groups in total. The normalized spacial score (nSPS) is 14.4. The molecule has 2 aromatic heterocycles. The van der Waals surface area contributed by atoms with E-state index in [4.69, 9.17) is 5.11 Å². The van der Waals surface area contributed by atoms with Gasteiger partial charge in [-0.15, -0.1) is 0 Å². The molecule has 0 fully saturated rings. The summed E-state index contributed by atoms with van der Waals surface area (Å²) in [4.78, 5) is 20.4. The van der Waals surface area contributed by atoms with Gasteiger partial charge in [0.25, 0.3) is 0 Å². The summed E-state index contributed by atoms with van der Waals surface area (Å²) < 4.78 is 0. The SMILES string of the molecule is CPc1ccc(C2=CCC(C(=O)NCCO)=CC=C2)c2c1[nH]c1ncc(C)cc12. The van der Waals surface area contributed by atoms with Crippen molar-refractivity contribution in [1.82, 2.24) is 15.3 Å². The third-order valence-electron chi connectivity index (χ3n) is 5.13. The number of aromatic amines is 1. The quantitative estimate of drug-likeness (QED) is 0.570. The molecule has 1 aliphatic rings. The molecule has 0 spiro atoms. The second kappa shape index (κ2) is 8.32. The first-order valence-corrected chi connectivity index (χ1v) is 11.2. The van der Waals surface area contributed by atoms with Crippen LogP contribution >= 0.6 is 8.58 Å². The summed E-state index contributed by atoms with van der Waals surface area (Å²) in [5, 5.41) is 15.2. The summed E-state index contributed by atoms with van der Waals surface area (Å²) in [5.74, 6) is -0.138. The number of aryl methyl sites for hydroxylation is 1. The highest BCUT2D eigenvalue weighted by molar-refractivity contribution is 7.47. The molecule has 1 atom stereocenters. The number of aromatic nitrogens is 2. The first-order chi connectivity index (χ1) is 14.1. The number of allylic oxidation sites excluding steroid dienone is 5. The van der Waals surface area contributed by atoms with E-state index >= 15 is 0 Å². The van der Waals surface area contributed by atoms with E-state index < -0.39 is 0 Å². The Morgan fingerprint density at radius 3 is 3.03 bits per heavy atom. The molecular weight excluding hydrogens is 381 g/mol. The Morgan fingerprint density at radius 1 is 1.38 bits per heavy atom. The molecule has 2 heterocycles. The highest BCUT2D eigenvalue weighted by Crippen LogP contribution is 2.34. The molecule has 1 amide bonds. The number of hydrogen-bond donors (Lipinski definition) is 3. The van der Waals surface area contributed by atoms with Crippen molar-refractivity contribution in [1.29, 1.82) is 0 Å². The van der Waals surface area contributed by atoms with Crippen molar-refractivity contribution < 1.29 is 9.90 Å². The van der Waals surface area contributed by atoms with Crippen molar-refractivity contribution in [2.45, 2.75) is 13.3 Å². The number of benzene rings is 1. The Bertz CT molecular complexity index is 1190. The van der Waals surface area contributed by atoms with E-state index in [1.165, 1.54) is 10.7 Å². The molecule has 1 unspecified atom stereocenters. The number of carbonyl (C=O) groups is 1. The number of amides is 1. The van der Waals surface area contributed by atoms with Crippen LogP contribution in [0.2, 0.25) is 0 Å². The second-order valence-electron chi connectivity index (χ2n) is 7.09. The Labute approximate surface area is 171 Å². The van der Waals surface area contributed by atoms with Gasteiger partial charge in [-0.1, -0.05) is 45.0 Å². The van der Waals surface area contributed by atoms with Crippen LogP contribution < -0.4 is 10.6 Å². The average Bonchev–Trinajstić information content (AvgIpc) is 2.93. The van der Waals surface area contributed by atoms with Gasteiger partial charge in [0.05, 0.1) is 12.1 Å². The Hall–Kier alpha value is -2.75. The van der Waals surface area contributed by atoms with Gasteiger partial charge in [-0.05, 0) is 48.1 Å². The molecule has 0 aliphatic heterocycles. The van der Waals surface area contributed by atoms with Crippen LogP contribution in [0.5, 0.6) is 0 Å². The third kappa shape index (κ3) is 3.76. The molecule has 1 aliphatic carbocycles. The van der Waals surface area contributed by atoms with Gasteiger partial charge in [0.2, 0.25) is 5.91 Å². The van der Waals surface area contributed by atoms with Crippen molar-refractivity contribution >= 4 is 47.3 Å². The van der Waals surface area contributed by atoms with E-state index in [1.807, 2.05) is 18.3 Å². The minimum absolute atomic E-state index is 0.0631. The van der Waals surface area contributed by atoms with Crippen LogP contribution in [0.25, 0.3) is 27.5 Å². The fourth-order valence-electron chi connectivity index (χ4n) is 3.71. The fourth-order valence-corrected chi connectivity index (χ4v) is 4.40. The van der Waals surface area contributed by atoms with Gasteiger partial charge in [-0.25, -0.2) is 4.98 Å². The van der Waals surface area contributed by atoms with Crippen molar-refractivity contribution in [3.05, 3.63) is 65.4 Å². The van der Waals surface area contributed by atoms with E-state index in [0.717, 1.165) is 33.3 Å². The molecular formula is C23H24N3O2P. The highest BCUT2D eigenvalue weighted by atomic mass is 31.1. The maximum Gasteiger partial charge on any atom is 0.247 e. The minimum Gasteiger partial charge on any atom is -0.395 e. The predicted octanol–water partition coefficient (Wildman–Crippen LogP) is 3.34. The van der Waals surface area contributed by atoms with E-state index in [2.05, 4.69) is 59.2 Å². The lowest BCUT2D eigenvalue weighted by Crippen LogP contribution is -2.27. The van der Waals surface area contributed by atoms with Crippen molar-refractivity contribution in [3.8, 4) is 0 Å². The number of hydrogen-bond acceptors (Lipinski definition) is 3. The zero-order valence-corrected chi connectivity index (χ0v) is 17.5. The van der Waals surface area contributed by atoms with E-state index in [-0.39, 0.29) is 19.1 Å². The van der Waals surface area contributed by atoms with Gasteiger partial charge < -0.3 is 15.4 Å². The summed E-state index contributed by atoms with van der Waals surface area (Å²) >= 11 is 0. The van der Waals surface area contributed by atoms with Crippen molar-refractivity contribution in [2.24, 2.45) is 0 Å². The molecule has 1 aromatic carbocycles. The molecule has 4 rings (SSSR count). The number of nitrogens with zero attached hydrogens (tertiary/aromatic N) is 1. The highest BCUT2D eigenvalue weighted by Gasteiger charge is 2.16. The number of pyridine rings is 1. The van der Waals surface area contributed by atoms with E-state index in [0.29, 0.717) is 20.6 Å². The summed E-state index contributed by atoms with van der Waals surface area (Å²) in [5.41, 5.74) is 6.08. The zero-order valence-electron chi connectivity index (χ0n) is 16.5. The lowest BCUT2D eigenvalue weighted by molar-refractivity contribution is -0.117. The summed E-state index contributed by atoms with van der Waals surface area (Å²) in [6, 6.07) is 6.54. The van der Waals surface area contributed by atoms with Crippen LogP contribution in [0.1, 0.15) is 17.5 Å². The van der Waals surface area contributed by atoms with Crippen LogP contribution in [-0.4, -0.2) is 40.8 Å². The van der Waals surface area contributed by atoms with Crippen LogP contribution in [0, 0.1) is 6.92 Å². The number of rotatable bonds is 5. The largest absolute Gasteiger partial charge is 0.395 e. The van der Waals surface area contributed by atoms with E-state index in [9.17, 15) is 4.79 Å². The number of fused-ring (bicyclic) bond motifs is 3. The molecule has 0 radical (unpaired) electrons. The van der Waals surface area contributed by atoms with Crippen LogP contribution in [0.3, 0.4) is 0 Å². The second-order valence-corrected chi connectivity index (χ2v) is 8.13. The molecule has 0 saturated heterocycles. The van der Waals surface area contributed by atoms with Gasteiger partial charge >= 0.3 is 0 Å². The van der Waals surface area contributed by atoms with Crippen molar-refractivity contribution in [2.75, 3.05) is 19.8 Å². The standard InChI is InChI=1S/C23H24N3O2P/c1-14-12-18-20-17(8-9-19(29-2)21(20)26-22(18)25-13-14)15-4-3-5-16(7-6-15)23(28)24-10-11-27/h3-6,8-9,12-13,27,29H,7,10-11H2,1-2H3,(H,24,28)(H,25,26). The maximum absolute atomic E-state index is 12.3. The number of H-pyrrole nitrogens is 1. The lowest BCUT2D eigenvalue weighted by atomic mass is 9.98. The number of aliphatic hydroxyl groups is 1. The van der Waals surface area contributed by atoms with E-state index in [1.54, 1.807) is 0 Å². The van der Waals surface area contributed by atoms with Gasteiger partial charge in [-0.2, -0.15) is 0 Å². The van der Waals surface area contributed by atoms with Gasteiger partial charge in [0, 0.05) is 29.1 Å². The molecule has 3 aromatic rings. The maximum atomic E-state index is 12.3. The molecule has 6 heteroatoms. The first kappa shape index (κ1) is 19.6. The topological polar surface area (TPSA) is 78.0 Å². The molecule has 5 nitrogen and oxygen atoms in total. The van der Waals surface area contributed by atoms with Gasteiger partial charge in [0.1, 0.15) is 5.65 Å². The Kier molecular flexibility index (Phi) is 5.61. The zero-order chi connectivity index (χ0) is 20.4. The average molecular weight is 405 g/mol. The van der Waals surface area contributed by atoms with Gasteiger partial charge in [0.15, 0.2) is 0 Å². The molecule has 29 heavy (non-hydrogen) atoms. The third-order valence-corrected chi connectivity index (χ3v) is 6.08. The predicted molar refractivity (Wildman–Crippen MR) is 122 cm³/mol. The monoisotopic (exact) mass is 405 g/mol. The van der Waals surface area contributed by atoms with Crippen LogP contribution in [0.15, 0.2) is 54.3 Å².